The zero-order valence-corrected chi connectivity index (χ0v) is 12.8. The third-order valence-electron chi connectivity index (χ3n) is 2.97. The summed E-state index contributed by atoms with van der Waals surface area (Å²) in [5.74, 6) is -0.190. The topological polar surface area (TPSA) is 64.6 Å². The van der Waals surface area contributed by atoms with Crippen LogP contribution in [0.3, 0.4) is 0 Å². The Morgan fingerprint density at radius 3 is 2.43 bits per heavy atom. The van der Waals surface area contributed by atoms with Crippen LogP contribution in [-0.2, 0) is 14.3 Å². The van der Waals surface area contributed by atoms with E-state index in [1.165, 1.54) is 13.2 Å². The Bertz CT molecular complexity index is 523. The molecule has 1 unspecified atom stereocenters. The van der Waals surface area contributed by atoms with Gasteiger partial charge < -0.3 is 14.8 Å². The number of carbonyl (C=O) groups is 2. The molecule has 0 aromatic heterocycles. The van der Waals surface area contributed by atoms with Gasteiger partial charge in [-0.15, -0.1) is 0 Å². The molecule has 5 heteroatoms. The predicted molar refractivity (Wildman–Crippen MR) is 80.8 cm³/mol. The average Bonchev–Trinajstić information content (AvgIpc) is 2.49. The van der Waals surface area contributed by atoms with Gasteiger partial charge >= 0.3 is 5.97 Å². The van der Waals surface area contributed by atoms with Crippen LogP contribution < -0.4 is 10.1 Å². The molecule has 1 amide bonds. The molecule has 1 rings (SSSR count). The third kappa shape index (κ3) is 4.95. The highest BCUT2D eigenvalue weighted by atomic mass is 16.5. The fraction of sp³-hybridized carbons (Fsp3) is 0.375. The van der Waals surface area contributed by atoms with Gasteiger partial charge in [0.05, 0.1) is 14.2 Å². The predicted octanol–water partition coefficient (Wildman–Crippen LogP) is 2.02. The number of methoxy groups -OCH3 is 2. The summed E-state index contributed by atoms with van der Waals surface area (Å²) < 4.78 is 9.87. The Hall–Kier alpha value is -2.30. The van der Waals surface area contributed by atoms with E-state index >= 15 is 0 Å². The Morgan fingerprint density at radius 1 is 1.19 bits per heavy atom. The van der Waals surface area contributed by atoms with E-state index in [9.17, 15) is 9.59 Å². The number of benzene rings is 1. The van der Waals surface area contributed by atoms with Crippen LogP contribution in [0.5, 0.6) is 5.75 Å². The molecule has 0 radical (unpaired) electrons. The van der Waals surface area contributed by atoms with Crippen LogP contribution >= 0.6 is 0 Å². The lowest BCUT2D eigenvalue weighted by atomic mass is 10.0. The number of nitrogens with one attached hydrogen (secondary N) is 1. The molecule has 0 spiro atoms. The van der Waals surface area contributed by atoms with E-state index in [0.29, 0.717) is 5.75 Å². The van der Waals surface area contributed by atoms with Gasteiger partial charge in [0, 0.05) is 11.6 Å². The molecule has 0 aliphatic carbocycles. The summed E-state index contributed by atoms with van der Waals surface area (Å²) in [5.41, 5.74) is 0.786. The molecule has 1 N–H and O–H groups in total. The number of rotatable bonds is 6. The minimum absolute atomic E-state index is 0.0546. The van der Waals surface area contributed by atoms with Crippen LogP contribution in [0.15, 0.2) is 30.3 Å². The first-order valence-corrected chi connectivity index (χ1v) is 6.69. The van der Waals surface area contributed by atoms with Crippen LogP contribution in [0, 0.1) is 5.92 Å². The monoisotopic (exact) mass is 291 g/mol. The highest BCUT2D eigenvalue weighted by Crippen LogP contribution is 2.18. The highest BCUT2D eigenvalue weighted by Gasteiger charge is 2.23. The van der Waals surface area contributed by atoms with Gasteiger partial charge in [-0.3, -0.25) is 4.79 Å². The number of esters is 1. The van der Waals surface area contributed by atoms with Crippen LogP contribution in [0.4, 0.5) is 0 Å². The third-order valence-corrected chi connectivity index (χ3v) is 2.97. The van der Waals surface area contributed by atoms with Gasteiger partial charge in [0.1, 0.15) is 11.8 Å². The summed E-state index contributed by atoms with van der Waals surface area (Å²) in [6, 6.07) is 6.68. The molecule has 0 saturated heterocycles. The molecule has 1 atom stereocenters. The zero-order chi connectivity index (χ0) is 15.8. The normalized spacial score (nSPS) is 12.2. The summed E-state index contributed by atoms with van der Waals surface area (Å²) in [6.07, 6.45) is 3.01. The number of carbonyl (C=O) groups excluding carboxylic acids is 2. The van der Waals surface area contributed by atoms with Crippen LogP contribution in [-0.4, -0.2) is 32.1 Å². The first kappa shape index (κ1) is 16.8. The fourth-order valence-electron chi connectivity index (χ4n) is 1.80. The van der Waals surface area contributed by atoms with Gasteiger partial charge in [-0.25, -0.2) is 4.79 Å². The Morgan fingerprint density at radius 2 is 1.86 bits per heavy atom. The number of hydrogen-bond acceptors (Lipinski definition) is 4. The first-order chi connectivity index (χ1) is 9.99. The Labute approximate surface area is 124 Å². The number of hydrogen-bond donors (Lipinski definition) is 1. The van der Waals surface area contributed by atoms with Crippen molar-refractivity contribution >= 4 is 18.0 Å². The van der Waals surface area contributed by atoms with E-state index in [-0.39, 0.29) is 11.8 Å². The van der Waals surface area contributed by atoms with Gasteiger partial charge in [-0.2, -0.15) is 0 Å². The zero-order valence-electron chi connectivity index (χ0n) is 12.8. The minimum Gasteiger partial charge on any atom is -0.496 e. The molecule has 5 nitrogen and oxygen atoms in total. The smallest absolute Gasteiger partial charge is 0.328 e. The molecule has 0 saturated carbocycles. The van der Waals surface area contributed by atoms with Gasteiger partial charge in [0.2, 0.25) is 5.91 Å². The maximum Gasteiger partial charge on any atom is 0.328 e. The molecule has 0 aliphatic rings. The lowest BCUT2D eigenvalue weighted by molar-refractivity contribution is -0.145. The molecule has 0 aliphatic heterocycles. The van der Waals surface area contributed by atoms with E-state index < -0.39 is 12.0 Å². The van der Waals surface area contributed by atoms with E-state index in [4.69, 9.17) is 4.74 Å². The van der Waals surface area contributed by atoms with Crippen molar-refractivity contribution in [3.63, 3.8) is 0 Å². The molecular weight excluding hydrogens is 270 g/mol. The highest BCUT2D eigenvalue weighted by molar-refractivity contribution is 5.94. The summed E-state index contributed by atoms with van der Waals surface area (Å²) in [6.45, 7) is 3.68. The number of ether oxygens (including phenoxy) is 2. The van der Waals surface area contributed by atoms with Crippen molar-refractivity contribution in [2.24, 2.45) is 5.92 Å². The number of amides is 1. The van der Waals surface area contributed by atoms with Crippen LogP contribution in [0.2, 0.25) is 0 Å². The van der Waals surface area contributed by atoms with Crippen molar-refractivity contribution in [3.05, 3.63) is 35.9 Å². The van der Waals surface area contributed by atoms with Crippen molar-refractivity contribution in [1.29, 1.82) is 0 Å². The van der Waals surface area contributed by atoms with E-state index in [1.54, 1.807) is 13.2 Å². The molecule has 21 heavy (non-hydrogen) atoms. The second-order valence-electron chi connectivity index (χ2n) is 4.83. The molecule has 1 aromatic carbocycles. The Kier molecular flexibility index (Phi) is 6.46. The lowest BCUT2D eigenvalue weighted by Crippen LogP contribution is -2.44. The van der Waals surface area contributed by atoms with Crippen molar-refractivity contribution < 1.29 is 19.1 Å². The van der Waals surface area contributed by atoms with Crippen molar-refractivity contribution in [2.45, 2.75) is 19.9 Å². The van der Waals surface area contributed by atoms with Crippen LogP contribution in [0.25, 0.3) is 6.08 Å². The summed E-state index contributed by atoms with van der Waals surface area (Å²) in [5, 5.41) is 2.63. The van der Waals surface area contributed by atoms with Crippen molar-refractivity contribution in [3.8, 4) is 5.75 Å². The molecule has 0 bridgehead atoms. The standard InChI is InChI=1S/C16H21NO4/c1-11(2)15(16(19)21-4)17-14(18)10-9-12-7-5-6-8-13(12)20-3/h5-11,15H,1-4H3,(H,17,18)/b10-9+. The molecule has 0 fully saturated rings. The maximum absolute atomic E-state index is 11.9. The molecule has 0 heterocycles. The van der Waals surface area contributed by atoms with Crippen molar-refractivity contribution in [2.75, 3.05) is 14.2 Å². The lowest BCUT2D eigenvalue weighted by Gasteiger charge is -2.18. The summed E-state index contributed by atoms with van der Waals surface area (Å²) in [4.78, 5) is 23.5. The van der Waals surface area contributed by atoms with E-state index in [1.807, 2.05) is 38.1 Å². The fourth-order valence-corrected chi connectivity index (χ4v) is 1.80. The van der Waals surface area contributed by atoms with Gasteiger partial charge in [0.15, 0.2) is 0 Å². The maximum atomic E-state index is 11.9. The Balaban J connectivity index is 2.76. The SMILES string of the molecule is COC(=O)C(NC(=O)/C=C/c1ccccc1OC)C(C)C. The second kappa shape index (κ2) is 8.09. The summed E-state index contributed by atoms with van der Waals surface area (Å²) in [7, 11) is 2.87. The largest absolute Gasteiger partial charge is 0.496 e. The van der Waals surface area contributed by atoms with Gasteiger partial charge in [-0.1, -0.05) is 32.0 Å². The molecule has 1 aromatic rings. The summed E-state index contributed by atoms with van der Waals surface area (Å²) >= 11 is 0. The minimum atomic E-state index is -0.662. The van der Waals surface area contributed by atoms with Crippen molar-refractivity contribution in [1.82, 2.24) is 5.32 Å². The van der Waals surface area contributed by atoms with Gasteiger partial charge in [-0.05, 0) is 18.1 Å². The quantitative estimate of drug-likeness (QED) is 0.643. The second-order valence-corrected chi connectivity index (χ2v) is 4.83. The van der Waals surface area contributed by atoms with Gasteiger partial charge in [0.25, 0.3) is 0 Å². The first-order valence-electron chi connectivity index (χ1n) is 6.69. The molecular formula is C16H21NO4. The van der Waals surface area contributed by atoms with E-state index in [2.05, 4.69) is 10.1 Å². The average molecular weight is 291 g/mol. The molecule has 114 valence electrons. The van der Waals surface area contributed by atoms with Crippen LogP contribution in [0.1, 0.15) is 19.4 Å². The van der Waals surface area contributed by atoms with E-state index in [0.717, 1.165) is 5.56 Å². The number of para-hydroxylation sites is 1.